The van der Waals surface area contributed by atoms with Crippen molar-refractivity contribution in [2.75, 3.05) is 6.61 Å². The van der Waals surface area contributed by atoms with E-state index < -0.39 is 28.0 Å². The second kappa shape index (κ2) is 7.17. The number of fused-ring (bicyclic) bond motifs is 1. The molecule has 0 spiro atoms. The normalized spacial score (nSPS) is 11.3. The Hall–Kier alpha value is -2.22. The van der Waals surface area contributed by atoms with Crippen LogP contribution in [-0.4, -0.2) is 22.7 Å². The van der Waals surface area contributed by atoms with Crippen LogP contribution in [0.4, 0.5) is 5.69 Å². The Kier molecular flexibility index (Phi) is 5.81. The van der Waals surface area contributed by atoms with Crippen LogP contribution in [0.25, 0.3) is 11.0 Å². The number of nitriles is 1. The van der Waals surface area contributed by atoms with E-state index in [0.717, 1.165) is 6.07 Å². The van der Waals surface area contributed by atoms with Crippen molar-refractivity contribution in [3.63, 3.8) is 0 Å². The van der Waals surface area contributed by atoms with Gasteiger partial charge in [-0.1, -0.05) is 0 Å². The van der Waals surface area contributed by atoms with E-state index in [2.05, 4.69) is 9.79 Å². The Balaban J connectivity index is 0.00000242. The number of ether oxygens (including phenoxy) is 1. The predicted molar refractivity (Wildman–Crippen MR) is 65.7 cm³/mol. The largest absolute Gasteiger partial charge is 1.00 e. The quantitative estimate of drug-likeness (QED) is 0.200. The van der Waals surface area contributed by atoms with Crippen molar-refractivity contribution in [2.24, 2.45) is 0 Å². The molecule has 0 aliphatic heterocycles. The molecular weight excluding hydrogens is 307 g/mol. The number of carbonyl (C=O) groups is 1. The topological polar surface area (TPSA) is 146 Å². The molecule has 0 N–H and O–H groups in total. The minimum atomic E-state index is -1.36. The molecule has 1 aromatic heterocycles. The maximum Gasteiger partial charge on any atom is 1.00 e. The van der Waals surface area contributed by atoms with Gasteiger partial charge in [0.25, 0.3) is 5.52 Å². The van der Waals surface area contributed by atoms with Crippen LogP contribution in [-0.2, 0) is 9.53 Å². The number of hydrogen-bond donors (Lipinski definition) is 0. The fourth-order valence-electron chi connectivity index (χ4n) is 1.83. The van der Waals surface area contributed by atoms with E-state index in [0.29, 0.717) is 0 Å². The maximum atomic E-state index is 11.7. The minimum absolute atomic E-state index is 0. The van der Waals surface area contributed by atoms with E-state index in [1.54, 1.807) is 13.0 Å². The van der Waals surface area contributed by atoms with Gasteiger partial charge in [-0.25, -0.2) is 0 Å². The summed E-state index contributed by atoms with van der Waals surface area (Å²) in [5.41, 5.74) is -1.21. The zero-order chi connectivity index (χ0) is 15.6. The minimum Gasteiger partial charge on any atom is -1.00 e. The number of nitrogens with zero attached hydrogens (tertiary/aromatic N) is 4. The van der Waals surface area contributed by atoms with Gasteiger partial charge >= 0.3 is 46.7 Å². The number of rotatable bonds is 4. The molecule has 0 fully saturated rings. The monoisotopic (exact) mass is 316 g/mol. The molecule has 22 heavy (non-hydrogen) atoms. The van der Waals surface area contributed by atoms with Crippen LogP contribution < -0.4 is 34.5 Å². The zero-order valence-corrected chi connectivity index (χ0v) is 13.7. The van der Waals surface area contributed by atoms with Crippen molar-refractivity contribution in [3.05, 3.63) is 33.0 Å². The molecule has 0 amide bonds. The van der Waals surface area contributed by atoms with Gasteiger partial charge in [-0.05, 0) is 17.9 Å². The molecule has 0 aliphatic rings. The van der Waals surface area contributed by atoms with E-state index >= 15 is 0 Å². The predicted octanol–water partition coefficient (Wildman–Crippen LogP) is -2.34. The smallest absolute Gasteiger partial charge is 1.00 e. The average molecular weight is 316 g/mol. The second-order valence-electron chi connectivity index (χ2n) is 3.87. The fourth-order valence-corrected chi connectivity index (χ4v) is 1.83. The number of carbonyl (C=O) groups excluding carboxylic acids is 1. The van der Waals surface area contributed by atoms with Crippen molar-refractivity contribution in [1.82, 2.24) is 5.16 Å². The number of benzene rings is 1. The van der Waals surface area contributed by atoms with Gasteiger partial charge in [-0.2, -0.15) is 5.26 Å². The first-order valence-electron chi connectivity index (χ1n) is 5.74. The fraction of sp³-hybridized carbons (Fsp3) is 0.273. The van der Waals surface area contributed by atoms with Gasteiger partial charge in [0.15, 0.2) is 5.92 Å². The summed E-state index contributed by atoms with van der Waals surface area (Å²) in [6, 6.07) is 3.90. The molecule has 1 heterocycles. The van der Waals surface area contributed by atoms with Crippen LogP contribution in [0.15, 0.2) is 16.8 Å². The number of nitro groups is 1. The number of nitro benzene ring substituents is 1. The van der Waals surface area contributed by atoms with Gasteiger partial charge < -0.3 is 11.4 Å². The summed E-state index contributed by atoms with van der Waals surface area (Å²) in [5.74, 6) is -2.20. The van der Waals surface area contributed by atoms with Crippen molar-refractivity contribution < 1.29 is 55.0 Å². The summed E-state index contributed by atoms with van der Waals surface area (Å²) < 4.78 is 9.07. The van der Waals surface area contributed by atoms with Gasteiger partial charge in [0, 0.05) is 16.8 Å². The Bertz CT molecular complexity index is 774. The molecule has 2 rings (SSSR count). The number of esters is 1. The molecule has 0 aliphatic carbocycles. The molecule has 110 valence electrons. The maximum absolute atomic E-state index is 11.7. The molecule has 0 bridgehead atoms. The Morgan fingerprint density at radius 1 is 1.68 bits per heavy atom. The molecule has 10 nitrogen and oxygen atoms in total. The van der Waals surface area contributed by atoms with Crippen LogP contribution in [0.5, 0.6) is 0 Å². The number of hydrogen-bond acceptors (Lipinski definition) is 8. The van der Waals surface area contributed by atoms with E-state index in [4.69, 9.17) is 10.00 Å². The van der Waals surface area contributed by atoms with Crippen LogP contribution in [0.2, 0.25) is 0 Å². The van der Waals surface area contributed by atoms with E-state index in [9.17, 15) is 20.1 Å². The molecule has 1 aromatic carbocycles. The van der Waals surface area contributed by atoms with Crippen LogP contribution in [0.1, 0.15) is 19.8 Å². The molecule has 0 saturated heterocycles. The van der Waals surface area contributed by atoms with E-state index in [1.165, 1.54) is 6.07 Å². The third kappa shape index (κ3) is 3.01. The molecule has 1 unspecified atom stereocenters. The standard InChI is InChI=1S/C11H8N4O6.Na.H/c1-2-20-11(16)7(5-12)6-3-4-8(14(17)18)10-9(6)13-21-15(10)19;;/h3-4,7H,2H2,1H3;;/q;+1;-1. The summed E-state index contributed by atoms with van der Waals surface area (Å²) in [6.07, 6.45) is 0. The van der Waals surface area contributed by atoms with Crippen molar-refractivity contribution in [1.29, 1.82) is 5.26 Å². The molecule has 1 atom stereocenters. The summed E-state index contributed by atoms with van der Waals surface area (Å²) >= 11 is 0. The Morgan fingerprint density at radius 3 is 2.91 bits per heavy atom. The van der Waals surface area contributed by atoms with Gasteiger partial charge in [0.05, 0.1) is 17.6 Å². The van der Waals surface area contributed by atoms with Crippen molar-refractivity contribution in [2.45, 2.75) is 12.8 Å². The van der Waals surface area contributed by atoms with Crippen LogP contribution >= 0.6 is 0 Å². The molecule has 2 aromatic rings. The van der Waals surface area contributed by atoms with Gasteiger partial charge in [-0.3, -0.25) is 19.5 Å². The molecular formula is C11H9N4NaO6. The zero-order valence-electron chi connectivity index (χ0n) is 12.7. The number of non-ortho nitro benzene ring substituents is 1. The van der Waals surface area contributed by atoms with Gasteiger partial charge in [-0.15, -0.1) is 0 Å². The average Bonchev–Trinajstić information content (AvgIpc) is 2.82. The summed E-state index contributed by atoms with van der Waals surface area (Å²) in [7, 11) is 0. The summed E-state index contributed by atoms with van der Waals surface area (Å²) in [6.45, 7) is 1.63. The first-order chi connectivity index (χ1) is 10.0. The molecule has 11 heteroatoms. The number of aromatic nitrogens is 2. The van der Waals surface area contributed by atoms with Crippen LogP contribution in [0.3, 0.4) is 0 Å². The SMILES string of the molecule is CCOC(=O)C(C#N)c1ccc([N+](=O)[O-])c2c1no[n+]2[O-].[H-].[Na+]. The third-order valence-electron chi connectivity index (χ3n) is 2.71. The van der Waals surface area contributed by atoms with E-state index in [1.807, 2.05) is 0 Å². The van der Waals surface area contributed by atoms with E-state index in [-0.39, 0.29) is 53.6 Å². The van der Waals surface area contributed by atoms with Gasteiger partial charge in [0.2, 0.25) is 0 Å². The van der Waals surface area contributed by atoms with Crippen molar-refractivity contribution >= 4 is 22.7 Å². The Labute approximate surface area is 146 Å². The molecule has 0 radical (unpaired) electrons. The first kappa shape index (κ1) is 17.8. The summed E-state index contributed by atoms with van der Waals surface area (Å²) in [4.78, 5) is 21.7. The summed E-state index contributed by atoms with van der Waals surface area (Å²) in [5, 5.41) is 34.8. The Morgan fingerprint density at radius 2 is 2.36 bits per heavy atom. The second-order valence-corrected chi connectivity index (χ2v) is 3.87. The third-order valence-corrected chi connectivity index (χ3v) is 2.71. The first-order valence-corrected chi connectivity index (χ1v) is 5.74. The van der Waals surface area contributed by atoms with Crippen LogP contribution in [0, 0.1) is 26.7 Å². The van der Waals surface area contributed by atoms with Crippen molar-refractivity contribution in [3.8, 4) is 6.07 Å². The van der Waals surface area contributed by atoms with Gasteiger partial charge in [0.1, 0.15) is 0 Å². The molecule has 0 saturated carbocycles.